The van der Waals surface area contributed by atoms with E-state index in [1.165, 1.54) is 11.3 Å². The Morgan fingerprint density at radius 3 is 2.68 bits per heavy atom. The highest BCUT2D eigenvalue weighted by molar-refractivity contribution is 7.78. The highest BCUT2D eigenvalue weighted by atomic mass is 32.1. The second kappa shape index (κ2) is 7.86. The second-order valence-electron chi connectivity index (χ2n) is 6.30. The van der Waals surface area contributed by atoms with Crippen LogP contribution in [0.2, 0.25) is 0 Å². The number of benzene rings is 2. The molecular formula is C21H15N3O2S2. The van der Waals surface area contributed by atoms with Gasteiger partial charge in [0, 0.05) is 31.6 Å². The van der Waals surface area contributed by atoms with Crippen LogP contribution in [-0.2, 0) is 0 Å². The number of nitro groups is 1. The first-order valence-electron chi connectivity index (χ1n) is 8.61. The standard InChI is InChI=1S/C21H15N3O2S2/c25-24(26)11-17(19-10-15(12-28-19)22-13-27)20-16-8-4-5-9-18(16)23-21(20)14-6-2-1-3-7-14/h1-10,12,17,23H,11H2. The maximum atomic E-state index is 11.5. The summed E-state index contributed by atoms with van der Waals surface area (Å²) in [6.07, 6.45) is 0. The number of aromatic nitrogens is 1. The van der Waals surface area contributed by atoms with Crippen LogP contribution in [0.4, 0.5) is 5.69 Å². The van der Waals surface area contributed by atoms with Gasteiger partial charge in [0.1, 0.15) is 0 Å². The molecule has 1 N–H and O–H groups in total. The maximum absolute atomic E-state index is 11.5. The summed E-state index contributed by atoms with van der Waals surface area (Å²) < 4.78 is 0. The minimum absolute atomic E-state index is 0.205. The molecule has 138 valence electrons. The Kier molecular flexibility index (Phi) is 5.12. The molecule has 4 rings (SSSR count). The molecule has 0 spiro atoms. The van der Waals surface area contributed by atoms with E-state index in [-0.39, 0.29) is 11.5 Å². The molecule has 0 fully saturated rings. The molecule has 0 saturated heterocycles. The molecule has 0 saturated carbocycles. The lowest BCUT2D eigenvalue weighted by Crippen LogP contribution is -2.13. The van der Waals surface area contributed by atoms with Crippen molar-refractivity contribution in [3.8, 4) is 11.3 Å². The van der Waals surface area contributed by atoms with Gasteiger partial charge in [-0.15, -0.1) is 11.3 Å². The average molecular weight is 406 g/mol. The van der Waals surface area contributed by atoms with E-state index < -0.39 is 5.92 Å². The average Bonchev–Trinajstić information content (AvgIpc) is 3.32. The number of hydrogen-bond acceptors (Lipinski definition) is 5. The third kappa shape index (κ3) is 3.51. The Morgan fingerprint density at radius 2 is 1.93 bits per heavy atom. The Bertz CT molecular complexity index is 1190. The third-order valence-corrected chi connectivity index (χ3v) is 5.74. The van der Waals surface area contributed by atoms with E-state index in [0.29, 0.717) is 5.69 Å². The van der Waals surface area contributed by atoms with Crippen molar-refractivity contribution in [2.24, 2.45) is 4.99 Å². The fourth-order valence-electron chi connectivity index (χ4n) is 3.47. The van der Waals surface area contributed by atoms with E-state index in [1.807, 2.05) is 66.0 Å². The summed E-state index contributed by atoms with van der Waals surface area (Å²) in [6, 6.07) is 19.7. The minimum atomic E-state index is -0.402. The van der Waals surface area contributed by atoms with Gasteiger partial charge in [-0.2, -0.15) is 4.99 Å². The number of H-pyrrole nitrogens is 1. The monoisotopic (exact) mass is 405 g/mol. The van der Waals surface area contributed by atoms with E-state index in [2.05, 4.69) is 27.4 Å². The summed E-state index contributed by atoms with van der Waals surface area (Å²) in [6.45, 7) is -0.205. The zero-order chi connectivity index (χ0) is 19.5. The molecule has 2 aromatic carbocycles. The molecule has 5 nitrogen and oxygen atoms in total. The largest absolute Gasteiger partial charge is 0.354 e. The molecule has 0 aliphatic carbocycles. The fourth-order valence-corrected chi connectivity index (χ4v) is 4.50. The topological polar surface area (TPSA) is 71.3 Å². The predicted octanol–water partition coefficient (Wildman–Crippen LogP) is 6.04. The third-order valence-electron chi connectivity index (χ3n) is 4.61. The van der Waals surface area contributed by atoms with E-state index in [4.69, 9.17) is 0 Å². The van der Waals surface area contributed by atoms with Gasteiger partial charge in [0.2, 0.25) is 6.54 Å². The Balaban J connectivity index is 1.96. The fraction of sp³-hybridized carbons (Fsp3) is 0.0952. The van der Waals surface area contributed by atoms with Crippen LogP contribution in [0.25, 0.3) is 22.2 Å². The van der Waals surface area contributed by atoms with Gasteiger partial charge in [0.25, 0.3) is 0 Å². The predicted molar refractivity (Wildman–Crippen MR) is 116 cm³/mol. The van der Waals surface area contributed by atoms with Crippen molar-refractivity contribution in [3.05, 3.63) is 86.6 Å². The lowest BCUT2D eigenvalue weighted by Gasteiger charge is -2.14. The van der Waals surface area contributed by atoms with Crippen LogP contribution in [0.1, 0.15) is 16.4 Å². The number of isothiocyanates is 1. The summed E-state index contributed by atoms with van der Waals surface area (Å²) in [5.41, 5.74) is 4.46. The van der Waals surface area contributed by atoms with Gasteiger partial charge in [-0.05, 0) is 29.9 Å². The smallest absolute Gasteiger partial charge is 0.215 e. The van der Waals surface area contributed by atoms with Crippen molar-refractivity contribution < 1.29 is 4.92 Å². The van der Waals surface area contributed by atoms with Crippen LogP contribution >= 0.6 is 23.6 Å². The van der Waals surface area contributed by atoms with Crippen molar-refractivity contribution in [3.63, 3.8) is 0 Å². The Labute approximate surface area is 170 Å². The summed E-state index contributed by atoms with van der Waals surface area (Å²) >= 11 is 6.13. The molecule has 28 heavy (non-hydrogen) atoms. The molecule has 0 bridgehead atoms. The van der Waals surface area contributed by atoms with Gasteiger partial charge >= 0.3 is 0 Å². The first-order valence-corrected chi connectivity index (χ1v) is 9.90. The first-order chi connectivity index (χ1) is 13.7. The van der Waals surface area contributed by atoms with Crippen molar-refractivity contribution in [1.82, 2.24) is 4.98 Å². The van der Waals surface area contributed by atoms with Crippen molar-refractivity contribution >= 4 is 45.3 Å². The molecule has 0 amide bonds. The summed E-state index contributed by atoms with van der Waals surface area (Å²) in [5, 5.41) is 16.7. The van der Waals surface area contributed by atoms with Crippen LogP contribution in [0.15, 0.2) is 71.0 Å². The van der Waals surface area contributed by atoms with E-state index >= 15 is 0 Å². The normalized spacial score (nSPS) is 11.9. The molecular weight excluding hydrogens is 390 g/mol. The van der Waals surface area contributed by atoms with Crippen LogP contribution in [0, 0.1) is 10.1 Å². The number of nitrogens with one attached hydrogen (secondary N) is 1. The van der Waals surface area contributed by atoms with Crippen LogP contribution in [-0.4, -0.2) is 21.6 Å². The number of aliphatic imine (C=N–C) groups is 1. The lowest BCUT2D eigenvalue weighted by molar-refractivity contribution is -0.481. The number of hydrogen-bond donors (Lipinski definition) is 1. The van der Waals surface area contributed by atoms with Gasteiger partial charge in [-0.3, -0.25) is 10.1 Å². The molecule has 4 aromatic rings. The van der Waals surface area contributed by atoms with Gasteiger partial charge in [-0.1, -0.05) is 48.5 Å². The number of thiocarbonyl (C=S) groups is 1. The number of nitrogens with zero attached hydrogens (tertiary/aromatic N) is 2. The zero-order valence-electron chi connectivity index (χ0n) is 14.7. The van der Waals surface area contributed by atoms with Gasteiger partial charge in [-0.25, -0.2) is 0 Å². The molecule has 1 atom stereocenters. The van der Waals surface area contributed by atoms with E-state index in [0.717, 1.165) is 32.6 Å². The van der Waals surface area contributed by atoms with Crippen LogP contribution < -0.4 is 0 Å². The Hall–Kier alpha value is -3.12. The SMILES string of the molecule is O=[N+]([O-])CC(c1cc(N=C=S)cs1)c1c(-c2ccccc2)[nH]c2ccccc12. The minimum Gasteiger partial charge on any atom is -0.354 e. The van der Waals surface area contributed by atoms with Crippen molar-refractivity contribution in [2.45, 2.75) is 5.92 Å². The number of aromatic amines is 1. The number of fused-ring (bicyclic) bond motifs is 1. The molecule has 0 aliphatic rings. The molecule has 7 heteroatoms. The molecule has 1 unspecified atom stereocenters. The molecule has 2 heterocycles. The second-order valence-corrected chi connectivity index (χ2v) is 7.43. The van der Waals surface area contributed by atoms with Crippen LogP contribution in [0.5, 0.6) is 0 Å². The van der Waals surface area contributed by atoms with Gasteiger partial charge < -0.3 is 4.98 Å². The van der Waals surface area contributed by atoms with E-state index in [1.54, 1.807) is 0 Å². The van der Waals surface area contributed by atoms with Crippen molar-refractivity contribution in [1.29, 1.82) is 0 Å². The zero-order valence-corrected chi connectivity index (χ0v) is 16.3. The number of para-hydroxylation sites is 1. The quantitative estimate of drug-likeness (QED) is 0.184. The van der Waals surface area contributed by atoms with Crippen molar-refractivity contribution in [2.75, 3.05) is 6.54 Å². The maximum Gasteiger partial charge on any atom is 0.215 e. The molecule has 2 aromatic heterocycles. The highest BCUT2D eigenvalue weighted by Gasteiger charge is 2.28. The Morgan fingerprint density at radius 1 is 1.18 bits per heavy atom. The highest BCUT2D eigenvalue weighted by Crippen LogP contribution is 2.41. The van der Waals surface area contributed by atoms with E-state index in [9.17, 15) is 10.1 Å². The van der Waals surface area contributed by atoms with Gasteiger partial charge in [0.15, 0.2) is 0 Å². The number of rotatable bonds is 6. The summed E-state index contributed by atoms with van der Waals surface area (Å²) in [4.78, 5) is 19.6. The molecule has 0 radical (unpaired) electrons. The summed E-state index contributed by atoms with van der Waals surface area (Å²) in [5.74, 6) is -0.402. The summed E-state index contributed by atoms with van der Waals surface area (Å²) in [7, 11) is 0. The van der Waals surface area contributed by atoms with Crippen LogP contribution in [0.3, 0.4) is 0 Å². The van der Waals surface area contributed by atoms with Gasteiger partial charge in [0.05, 0.1) is 22.5 Å². The lowest BCUT2D eigenvalue weighted by atomic mass is 9.92. The molecule has 0 aliphatic heterocycles. The number of thiophene rings is 1. The first kappa shape index (κ1) is 18.3.